The lowest BCUT2D eigenvalue weighted by Gasteiger charge is -2.18. The molecule has 2 aromatic heterocycles. The fourth-order valence-corrected chi connectivity index (χ4v) is 2.16. The number of nitrogens with one attached hydrogen (secondary N) is 1. The Morgan fingerprint density at radius 1 is 1.19 bits per heavy atom. The van der Waals surface area contributed by atoms with Gasteiger partial charge in [-0.25, -0.2) is 0 Å². The Balaban J connectivity index is 1.82. The number of hydrogen-bond donors (Lipinski definition) is 1. The Kier molecular flexibility index (Phi) is 3.63. The zero-order valence-corrected chi connectivity index (χ0v) is 11.9. The van der Waals surface area contributed by atoms with E-state index in [1.807, 2.05) is 24.3 Å². The summed E-state index contributed by atoms with van der Waals surface area (Å²) in [4.78, 5) is 0. The van der Waals surface area contributed by atoms with Crippen LogP contribution >= 0.6 is 0 Å². The van der Waals surface area contributed by atoms with Gasteiger partial charge in [-0.05, 0) is 46.7 Å². The van der Waals surface area contributed by atoms with Crippen molar-refractivity contribution in [2.24, 2.45) is 0 Å². The van der Waals surface area contributed by atoms with Crippen LogP contribution in [0.1, 0.15) is 24.9 Å². The third-order valence-electron chi connectivity index (χ3n) is 3.32. The molecule has 0 saturated heterocycles. The van der Waals surface area contributed by atoms with Gasteiger partial charge in [0, 0.05) is 0 Å². The molecule has 2 heterocycles. The maximum Gasteiger partial charge on any atom is 0.200 e. The van der Waals surface area contributed by atoms with Crippen molar-refractivity contribution in [1.82, 2.24) is 25.3 Å². The first-order chi connectivity index (χ1) is 10.3. The lowest BCUT2D eigenvalue weighted by atomic mass is 10.0. The molecule has 3 aromatic rings. The predicted molar refractivity (Wildman–Crippen MR) is 78.2 cm³/mol. The second-order valence-electron chi connectivity index (χ2n) is 4.62. The number of fused-ring (bicyclic) bond motifs is 1. The molecule has 1 atom stereocenters. The maximum atomic E-state index is 5.18. The van der Waals surface area contributed by atoms with Crippen molar-refractivity contribution in [3.63, 3.8) is 0 Å². The Bertz CT molecular complexity index is 724. The summed E-state index contributed by atoms with van der Waals surface area (Å²) < 4.78 is 6.59. The number of anilines is 1. The highest BCUT2D eigenvalue weighted by Gasteiger charge is 2.11. The van der Waals surface area contributed by atoms with Crippen LogP contribution in [0.4, 0.5) is 5.82 Å². The van der Waals surface area contributed by atoms with Gasteiger partial charge in [0.05, 0.1) is 13.2 Å². The van der Waals surface area contributed by atoms with Gasteiger partial charge < -0.3 is 10.1 Å². The van der Waals surface area contributed by atoms with Gasteiger partial charge in [-0.2, -0.15) is 0 Å². The molecule has 0 radical (unpaired) electrons. The van der Waals surface area contributed by atoms with Gasteiger partial charge in [0.2, 0.25) is 0 Å². The van der Waals surface area contributed by atoms with E-state index in [1.165, 1.54) is 10.2 Å². The summed E-state index contributed by atoms with van der Waals surface area (Å²) in [5.74, 6) is 1.58. The smallest absolute Gasteiger partial charge is 0.200 e. The number of aromatic nitrogens is 5. The van der Waals surface area contributed by atoms with Crippen LogP contribution in [0.15, 0.2) is 36.4 Å². The molecule has 1 unspecified atom stereocenters. The number of ether oxygens (including phenoxy) is 1. The predicted octanol–water partition coefficient (Wildman–Crippen LogP) is 2.09. The average molecular weight is 284 g/mol. The van der Waals surface area contributed by atoms with Crippen molar-refractivity contribution in [3.05, 3.63) is 42.0 Å². The molecule has 0 spiro atoms. The minimum atomic E-state index is 0.164. The number of nitrogens with zero attached hydrogens (tertiary/aromatic N) is 5. The van der Waals surface area contributed by atoms with Crippen LogP contribution in [0.5, 0.6) is 5.75 Å². The van der Waals surface area contributed by atoms with Crippen molar-refractivity contribution in [3.8, 4) is 5.75 Å². The molecule has 0 aliphatic heterocycles. The molecular formula is C14H16N6O. The summed E-state index contributed by atoms with van der Waals surface area (Å²) in [6.07, 6.45) is 0.932. The monoisotopic (exact) mass is 284 g/mol. The second kappa shape index (κ2) is 5.74. The zero-order valence-electron chi connectivity index (χ0n) is 11.9. The summed E-state index contributed by atoms with van der Waals surface area (Å²) in [6, 6.07) is 11.9. The Labute approximate surface area is 121 Å². The zero-order chi connectivity index (χ0) is 14.7. The van der Waals surface area contributed by atoms with E-state index >= 15 is 0 Å². The number of benzene rings is 1. The van der Waals surface area contributed by atoms with Gasteiger partial charge in [0.15, 0.2) is 5.65 Å². The van der Waals surface area contributed by atoms with Gasteiger partial charge in [-0.3, -0.25) is 0 Å². The van der Waals surface area contributed by atoms with Crippen molar-refractivity contribution in [2.45, 2.75) is 19.4 Å². The van der Waals surface area contributed by atoms with Gasteiger partial charge in [0.25, 0.3) is 0 Å². The summed E-state index contributed by atoms with van der Waals surface area (Å²) >= 11 is 0. The van der Waals surface area contributed by atoms with Crippen LogP contribution in [-0.2, 0) is 0 Å². The molecule has 0 aliphatic carbocycles. The minimum absolute atomic E-state index is 0.164. The van der Waals surface area contributed by atoms with E-state index in [-0.39, 0.29) is 6.04 Å². The molecule has 0 fully saturated rings. The van der Waals surface area contributed by atoms with E-state index in [4.69, 9.17) is 4.74 Å². The lowest BCUT2D eigenvalue weighted by Crippen LogP contribution is -2.12. The van der Waals surface area contributed by atoms with E-state index < -0.39 is 0 Å². The van der Waals surface area contributed by atoms with Crippen LogP contribution < -0.4 is 10.1 Å². The van der Waals surface area contributed by atoms with Crippen LogP contribution in [0, 0.1) is 0 Å². The fraction of sp³-hybridized carbons (Fsp3) is 0.286. The van der Waals surface area contributed by atoms with Gasteiger partial charge in [-0.15, -0.1) is 14.8 Å². The lowest BCUT2D eigenvalue weighted by molar-refractivity contribution is 0.414. The molecule has 1 aromatic carbocycles. The summed E-state index contributed by atoms with van der Waals surface area (Å²) in [6.45, 7) is 2.12. The molecule has 0 aliphatic rings. The molecule has 7 heteroatoms. The van der Waals surface area contributed by atoms with Crippen LogP contribution in [0.2, 0.25) is 0 Å². The standard InChI is InChI=1S/C14H16N6O/c1-3-12(10-4-6-11(21-2)7-5-10)15-13-8-9-14-16-18-19-20(14)17-13/h4-9,12H,3H2,1-2H3,(H,15,17). The molecule has 108 valence electrons. The quantitative estimate of drug-likeness (QED) is 0.773. The highest BCUT2D eigenvalue weighted by molar-refractivity contribution is 5.44. The van der Waals surface area contributed by atoms with Crippen LogP contribution in [0.3, 0.4) is 0 Å². The molecule has 3 rings (SSSR count). The average Bonchev–Trinajstić information content (AvgIpc) is 3.00. The second-order valence-corrected chi connectivity index (χ2v) is 4.62. The number of rotatable bonds is 5. The van der Waals surface area contributed by atoms with Crippen molar-refractivity contribution >= 4 is 11.5 Å². The first-order valence-electron chi connectivity index (χ1n) is 6.76. The van der Waals surface area contributed by atoms with E-state index in [2.05, 4.69) is 45.0 Å². The minimum Gasteiger partial charge on any atom is -0.497 e. The number of tetrazole rings is 1. The van der Waals surface area contributed by atoms with Crippen LogP contribution in [-0.4, -0.2) is 32.4 Å². The van der Waals surface area contributed by atoms with E-state index in [0.717, 1.165) is 18.0 Å². The van der Waals surface area contributed by atoms with E-state index in [1.54, 1.807) is 7.11 Å². The molecule has 7 nitrogen and oxygen atoms in total. The van der Waals surface area contributed by atoms with Gasteiger partial charge in [0.1, 0.15) is 11.6 Å². The fourth-order valence-electron chi connectivity index (χ4n) is 2.16. The topological polar surface area (TPSA) is 77.2 Å². The largest absolute Gasteiger partial charge is 0.497 e. The molecule has 0 saturated carbocycles. The SMILES string of the molecule is CCC(Nc1ccc2nnnn2n1)c1ccc(OC)cc1. The molecule has 1 N–H and O–H groups in total. The highest BCUT2D eigenvalue weighted by Crippen LogP contribution is 2.23. The summed E-state index contributed by atoms with van der Waals surface area (Å²) in [7, 11) is 1.66. The third kappa shape index (κ3) is 2.76. The number of methoxy groups -OCH3 is 1. The third-order valence-corrected chi connectivity index (χ3v) is 3.32. The first-order valence-corrected chi connectivity index (χ1v) is 6.76. The highest BCUT2D eigenvalue weighted by atomic mass is 16.5. The van der Waals surface area contributed by atoms with Crippen molar-refractivity contribution < 1.29 is 4.74 Å². The maximum absolute atomic E-state index is 5.18. The normalized spacial score (nSPS) is 12.3. The van der Waals surface area contributed by atoms with E-state index in [9.17, 15) is 0 Å². The molecule has 0 amide bonds. The van der Waals surface area contributed by atoms with Crippen molar-refractivity contribution in [2.75, 3.05) is 12.4 Å². The summed E-state index contributed by atoms with van der Waals surface area (Å²) in [5.41, 5.74) is 1.80. The Morgan fingerprint density at radius 3 is 2.71 bits per heavy atom. The van der Waals surface area contributed by atoms with Gasteiger partial charge >= 0.3 is 0 Å². The molecule has 21 heavy (non-hydrogen) atoms. The van der Waals surface area contributed by atoms with E-state index in [0.29, 0.717) is 5.65 Å². The van der Waals surface area contributed by atoms with Crippen molar-refractivity contribution in [1.29, 1.82) is 0 Å². The summed E-state index contributed by atoms with van der Waals surface area (Å²) in [5, 5.41) is 18.9. The molecule has 0 bridgehead atoms. The number of hydrogen-bond acceptors (Lipinski definition) is 6. The first kappa shape index (κ1) is 13.3. The van der Waals surface area contributed by atoms with Crippen LogP contribution in [0.25, 0.3) is 5.65 Å². The Morgan fingerprint density at radius 2 is 2.00 bits per heavy atom. The Hall–Kier alpha value is -2.70. The van der Waals surface area contributed by atoms with Gasteiger partial charge in [-0.1, -0.05) is 19.1 Å². The molecular weight excluding hydrogens is 268 g/mol.